The Kier molecular flexibility index (Phi) is 6.09. The van der Waals surface area contributed by atoms with Crippen LogP contribution in [0.2, 0.25) is 0 Å². The van der Waals surface area contributed by atoms with Crippen molar-refractivity contribution in [2.24, 2.45) is 0 Å². The summed E-state index contributed by atoms with van der Waals surface area (Å²) in [4.78, 5) is 28.8. The van der Waals surface area contributed by atoms with Gasteiger partial charge in [0, 0.05) is 40.7 Å². The van der Waals surface area contributed by atoms with Crippen molar-refractivity contribution in [3.63, 3.8) is 0 Å². The van der Waals surface area contributed by atoms with Crippen molar-refractivity contribution in [3.8, 4) is 33.8 Å². The zero-order chi connectivity index (χ0) is 26.1. The van der Waals surface area contributed by atoms with Crippen LogP contribution in [0, 0.1) is 5.82 Å². The van der Waals surface area contributed by atoms with Gasteiger partial charge in [-0.2, -0.15) is 5.10 Å². The second-order valence-electron chi connectivity index (χ2n) is 9.14. The van der Waals surface area contributed by atoms with Crippen molar-refractivity contribution in [1.82, 2.24) is 30.1 Å². The number of anilines is 1. The summed E-state index contributed by atoms with van der Waals surface area (Å²) in [5.74, 6) is -0.310. The molecule has 0 spiro atoms. The monoisotopic (exact) mass is 505 g/mol. The minimum Gasteiger partial charge on any atom is -0.352 e. The van der Waals surface area contributed by atoms with Crippen molar-refractivity contribution >= 4 is 33.4 Å². The van der Waals surface area contributed by atoms with Crippen LogP contribution in [0.3, 0.4) is 0 Å². The van der Waals surface area contributed by atoms with Gasteiger partial charge in [0.2, 0.25) is 5.91 Å². The molecule has 3 N–H and O–H groups in total. The second-order valence-corrected chi connectivity index (χ2v) is 9.14. The summed E-state index contributed by atoms with van der Waals surface area (Å²) in [5, 5.41) is 12.4. The number of fused-ring (bicyclic) bond motifs is 2. The van der Waals surface area contributed by atoms with E-state index in [2.05, 4.69) is 42.4 Å². The summed E-state index contributed by atoms with van der Waals surface area (Å²) >= 11 is 0. The van der Waals surface area contributed by atoms with Gasteiger partial charge in [-0.1, -0.05) is 25.5 Å². The van der Waals surface area contributed by atoms with Gasteiger partial charge in [0.1, 0.15) is 11.5 Å². The maximum Gasteiger partial charge on any atom is 0.224 e. The molecule has 8 nitrogen and oxygen atoms in total. The van der Waals surface area contributed by atoms with Crippen LogP contribution in [-0.2, 0) is 4.79 Å². The molecule has 0 fully saturated rings. The normalized spacial score (nSPS) is 11.3. The van der Waals surface area contributed by atoms with E-state index in [-0.39, 0.29) is 11.7 Å². The smallest absolute Gasteiger partial charge is 0.224 e. The second kappa shape index (κ2) is 9.85. The Morgan fingerprint density at radius 1 is 0.921 bits per heavy atom. The van der Waals surface area contributed by atoms with Gasteiger partial charge in [-0.25, -0.2) is 4.39 Å². The molecule has 0 aliphatic heterocycles. The fourth-order valence-corrected chi connectivity index (χ4v) is 4.53. The molecule has 1 aromatic carbocycles. The number of hydrogen-bond acceptors (Lipinski definition) is 5. The molecule has 0 aliphatic rings. The molecule has 9 heteroatoms. The summed E-state index contributed by atoms with van der Waals surface area (Å²) in [6, 6.07) is 12.2. The van der Waals surface area contributed by atoms with Gasteiger partial charge in [-0.3, -0.25) is 24.8 Å². The third kappa shape index (κ3) is 4.50. The largest absolute Gasteiger partial charge is 0.352 e. The topological polar surface area (TPSA) is 112 Å². The first-order chi connectivity index (χ1) is 18.6. The Morgan fingerprint density at radius 2 is 1.76 bits per heavy atom. The molecule has 1 amide bonds. The minimum atomic E-state index is -0.282. The molecule has 188 valence electrons. The fourth-order valence-electron chi connectivity index (χ4n) is 4.53. The van der Waals surface area contributed by atoms with Crippen molar-refractivity contribution < 1.29 is 9.18 Å². The molecular formula is C29H24FN7O. The van der Waals surface area contributed by atoms with Gasteiger partial charge in [0.05, 0.1) is 46.7 Å². The Morgan fingerprint density at radius 3 is 2.61 bits per heavy atom. The number of aromatic nitrogens is 6. The molecule has 0 radical (unpaired) electrons. The van der Waals surface area contributed by atoms with Crippen LogP contribution in [0.15, 0.2) is 73.4 Å². The van der Waals surface area contributed by atoms with E-state index >= 15 is 0 Å². The van der Waals surface area contributed by atoms with Gasteiger partial charge in [-0.15, -0.1) is 0 Å². The van der Waals surface area contributed by atoms with E-state index in [1.165, 1.54) is 12.1 Å². The Bertz CT molecular complexity index is 1770. The molecule has 6 rings (SSSR count). The number of amides is 1. The van der Waals surface area contributed by atoms with Gasteiger partial charge in [-0.05, 0) is 42.3 Å². The number of benzene rings is 1. The number of carbonyl (C=O) groups excluding carboxylic acids is 1. The van der Waals surface area contributed by atoms with E-state index in [4.69, 9.17) is 0 Å². The highest BCUT2D eigenvalue weighted by molar-refractivity contribution is 6.01. The third-order valence-corrected chi connectivity index (χ3v) is 6.48. The van der Waals surface area contributed by atoms with Gasteiger partial charge < -0.3 is 10.3 Å². The summed E-state index contributed by atoms with van der Waals surface area (Å²) in [7, 11) is 0. The molecule has 0 atom stereocenters. The number of halogens is 1. The van der Waals surface area contributed by atoms with E-state index in [9.17, 15) is 9.18 Å². The lowest BCUT2D eigenvalue weighted by molar-refractivity contribution is -0.116. The van der Waals surface area contributed by atoms with E-state index < -0.39 is 0 Å². The van der Waals surface area contributed by atoms with Crippen LogP contribution in [0.25, 0.3) is 55.6 Å². The van der Waals surface area contributed by atoms with Crippen LogP contribution in [0.5, 0.6) is 0 Å². The number of H-pyrrole nitrogens is 2. The molecular weight excluding hydrogens is 481 g/mol. The van der Waals surface area contributed by atoms with Crippen molar-refractivity contribution in [1.29, 1.82) is 0 Å². The first kappa shape index (κ1) is 23.5. The van der Waals surface area contributed by atoms with E-state index in [0.717, 1.165) is 62.7 Å². The van der Waals surface area contributed by atoms with E-state index in [0.29, 0.717) is 17.8 Å². The molecule has 5 heterocycles. The number of nitrogens with zero attached hydrogens (tertiary/aromatic N) is 4. The van der Waals surface area contributed by atoms with Crippen LogP contribution >= 0.6 is 0 Å². The SMILES string of the molecule is CCCCC(=O)Nc1cncc(-c2cc3c(-c4cc5c(-c6ccc(F)cc6)cncc5[nH]4)n[nH]c3cn2)c1. The number of pyridine rings is 3. The first-order valence-corrected chi connectivity index (χ1v) is 12.4. The zero-order valence-corrected chi connectivity index (χ0v) is 20.6. The molecule has 5 aromatic heterocycles. The van der Waals surface area contributed by atoms with Crippen molar-refractivity contribution in [2.75, 3.05) is 5.32 Å². The first-order valence-electron chi connectivity index (χ1n) is 12.4. The molecule has 6 aromatic rings. The van der Waals surface area contributed by atoms with Gasteiger partial charge >= 0.3 is 0 Å². The average Bonchev–Trinajstić information content (AvgIpc) is 3.56. The van der Waals surface area contributed by atoms with Crippen molar-refractivity contribution in [2.45, 2.75) is 26.2 Å². The number of hydrogen-bond donors (Lipinski definition) is 3. The predicted octanol–water partition coefficient (Wildman–Crippen LogP) is 6.50. The molecule has 0 bridgehead atoms. The molecule has 0 saturated heterocycles. The maximum absolute atomic E-state index is 13.5. The highest BCUT2D eigenvalue weighted by atomic mass is 19.1. The molecule has 0 aliphatic carbocycles. The van der Waals surface area contributed by atoms with E-state index in [1.54, 1.807) is 43.1 Å². The number of rotatable bonds is 7. The fraction of sp³-hybridized carbons (Fsp3) is 0.138. The zero-order valence-electron chi connectivity index (χ0n) is 20.6. The Labute approximate surface area is 217 Å². The number of carbonyl (C=O) groups is 1. The summed E-state index contributed by atoms with van der Waals surface area (Å²) in [5.41, 5.74) is 7.10. The van der Waals surface area contributed by atoms with Gasteiger partial charge in [0.25, 0.3) is 0 Å². The number of unbranched alkanes of at least 4 members (excludes halogenated alkanes) is 1. The van der Waals surface area contributed by atoms with Gasteiger partial charge in [0.15, 0.2) is 0 Å². The average molecular weight is 506 g/mol. The number of aromatic amines is 2. The standard InChI is InChI=1S/C29H24FN7O/c1-2-3-4-28(38)34-20-9-18(12-31-13-20)24-11-22-27(16-33-24)36-37-29(22)25-10-21-23(14-32-15-26(21)35-25)17-5-7-19(30)8-6-17/h5-16,35H,2-4H2,1H3,(H,34,38)(H,36,37). The lowest BCUT2D eigenvalue weighted by Crippen LogP contribution is -2.11. The van der Waals surface area contributed by atoms with Crippen LogP contribution in [0.4, 0.5) is 10.1 Å². The molecule has 0 unspecified atom stereocenters. The van der Waals surface area contributed by atoms with Crippen LogP contribution in [0.1, 0.15) is 26.2 Å². The Balaban J connectivity index is 1.37. The van der Waals surface area contributed by atoms with Crippen molar-refractivity contribution in [3.05, 3.63) is 79.3 Å². The summed E-state index contributed by atoms with van der Waals surface area (Å²) in [6.07, 6.45) is 10.9. The van der Waals surface area contributed by atoms with Crippen LogP contribution < -0.4 is 5.32 Å². The third-order valence-electron chi connectivity index (χ3n) is 6.48. The lowest BCUT2D eigenvalue weighted by Gasteiger charge is -2.07. The quantitative estimate of drug-likeness (QED) is 0.229. The number of nitrogens with one attached hydrogen (secondary N) is 3. The predicted molar refractivity (Wildman–Crippen MR) is 146 cm³/mol. The molecule has 0 saturated carbocycles. The summed E-state index contributed by atoms with van der Waals surface area (Å²) < 4.78 is 13.5. The minimum absolute atomic E-state index is 0.0281. The van der Waals surface area contributed by atoms with E-state index in [1.807, 2.05) is 18.2 Å². The summed E-state index contributed by atoms with van der Waals surface area (Å²) in [6.45, 7) is 2.05. The highest BCUT2D eigenvalue weighted by Crippen LogP contribution is 2.34. The van der Waals surface area contributed by atoms with Crippen LogP contribution in [-0.4, -0.2) is 36.0 Å². The maximum atomic E-state index is 13.5. The highest BCUT2D eigenvalue weighted by Gasteiger charge is 2.15. The lowest BCUT2D eigenvalue weighted by atomic mass is 10.0. The Hall–Kier alpha value is -4.92. The molecule has 38 heavy (non-hydrogen) atoms.